The number of hydrogen-bond donors (Lipinski definition) is 1. The van der Waals surface area contributed by atoms with Crippen LogP contribution in [-0.2, 0) is 26.2 Å². The van der Waals surface area contributed by atoms with Crippen LogP contribution in [0, 0.1) is 6.92 Å². The second kappa shape index (κ2) is 13.3. The molecule has 208 valence electrons. The van der Waals surface area contributed by atoms with Crippen molar-refractivity contribution in [3.05, 3.63) is 94.0 Å². The van der Waals surface area contributed by atoms with Crippen molar-refractivity contribution in [2.45, 2.75) is 57.6 Å². The Morgan fingerprint density at radius 3 is 2.18 bits per heavy atom. The highest BCUT2D eigenvalue weighted by Gasteiger charge is 2.33. The van der Waals surface area contributed by atoms with Crippen molar-refractivity contribution in [2.75, 3.05) is 10.8 Å². The maximum absolute atomic E-state index is 13.9. The minimum absolute atomic E-state index is 0.0168. The first-order chi connectivity index (χ1) is 18.4. The van der Waals surface area contributed by atoms with Gasteiger partial charge in [0.05, 0.1) is 10.6 Å². The van der Waals surface area contributed by atoms with Crippen LogP contribution in [0.4, 0.5) is 5.69 Å². The van der Waals surface area contributed by atoms with Crippen LogP contribution in [0.15, 0.2) is 77.7 Å². The Hall–Kier alpha value is -3.07. The molecule has 2 amide bonds. The van der Waals surface area contributed by atoms with E-state index in [1.54, 1.807) is 67.6 Å². The molecule has 0 fully saturated rings. The van der Waals surface area contributed by atoms with E-state index in [9.17, 15) is 18.0 Å². The molecule has 0 aromatic heterocycles. The van der Waals surface area contributed by atoms with E-state index >= 15 is 0 Å². The molecule has 0 saturated carbocycles. The summed E-state index contributed by atoms with van der Waals surface area (Å²) in [6.07, 6.45) is 0.714. The number of aryl methyl sites for hydroxylation is 1. The second-order valence-electron chi connectivity index (χ2n) is 9.41. The highest BCUT2D eigenvalue weighted by Crippen LogP contribution is 2.26. The van der Waals surface area contributed by atoms with Crippen LogP contribution in [-0.4, -0.2) is 43.8 Å². The summed E-state index contributed by atoms with van der Waals surface area (Å²) in [4.78, 5) is 28.4. The maximum Gasteiger partial charge on any atom is 0.264 e. The van der Waals surface area contributed by atoms with Gasteiger partial charge in [0.2, 0.25) is 11.8 Å². The molecule has 2 atom stereocenters. The normalized spacial score (nSPS) is 12.9. The first-order valence-electron chi connectivity index (χ1n) is 12.6. The van der Waals surface area contributed by atoms with Gasteiger partial charge in [-0.2, -0.15) is 0 Å². The van der Waals surface area contributed by atoms with Gasteiger partial charge in [0, 0.05) is 22.6 Å². The fourth-order valence-corrected chi connectivity index (χ4v) is 5.74. The average molecular weight is 591 g/mol. The minimum atomic E-state index is -4.11. The predicted octanol–water partition coefficient (Wildman–Crippen LogP) is 5.83. The third kappa shape index (κ3) is 7.75. The van der Waals surface area contributed by atoms with E-state index in [1.165, 1.54) is 17.0 Å². The zero-order valence-corrected chi connectivity index (χ0v) is 24.7. The van der Waals surface area contributed by atoms with Gasteiger partial charge in [0.1, 0.15) is 12.6 Å². The number of rotatable bonds is 11. The molecule has 3 aromatic carbocycles. The summed E-state index contributed by atoms with van der Waals surface area (Å²) >= 11 is 12.5. The fraction of sp³-hybridized carbons (Fsp3) is 0.310. The number of carbonyl (C=O) groups excluding carboxylic acids is 2. The Morgan fingerprint density at radius 1 is 0.949 bits per heavy atom. The lowest BCUT2D eigenvalue weighted by molar-refractivity contribution is -0.139. The average Bonchev–Trinajstić information content (AvgIpc) is 2.91. The van der Waals surface area contributed by atoms with E-state index in [2.05, 4.69) is 5.32 Å². The van der Waals surface area contributed by atoms with Gasteiger partial charge in [0.25, 0.3) is 10.0 Å². The van der Waals surface area contributed by atoms with Crippen molar-refractivity contribution in [3.8, 4) is 0 Å². The number of nitrogens with zero attached hydrogens (tertiary/aromatic N) is 2. The summed E-state index contributed by atoms with van der Waals surface area (Å²) in [6.45, 7) is 6.78. The number of amides is 2. The number of sulfonamides is 1. The summed E-state index contributed by atoms with van der Waals surface area (Å²) in [5.74, 6) is -0.913. The van der Waals surface area contributed by atoms with E-state index in [-0.39, 0.29) is 23.4 Å². The molecule has 0 spiro atoms. The Kier molecular flexibility index (Phi) is 10.4. The van der Waals surface area contributed by atoms with E-state index < -0.39 is 28.5 Å². The molecule has 39 heavy (non-hydrogen) atoms. The summed E-state index contributed by atoms with van der Waals surface area (Å²) < 4.78 is 28.6. The van der Waals surface area contributed by atoms with Crippen LogP contribution < -0.4 is 9.62 Å². The van der Waals surface area contributed by atoms with Crippen molar-refractivity contribution in [2.24, 2.45) is 0 Å². The number of carbonyl (C=O) groups is 2. The SMILES string of the molecule is CCC(C)NC(=O)C(C)N(Cc1ccc(Cl)cc1Cl)C(=O)CN(c1ccc(C)cc1)S(=O)(=O)c1ccccc1. The van der Waals surface area contributed by atoms with Crippen molar-refractivity contribution in [1.29, 1.82) is 0 Å². The summed E-state index contributed by atoms with van der Waals surface area (Å²) in [7, 11) is -4.11. The molecule has 3 aromatic rings. The van der Waals surface area contributed by atoms with Gasteiger partial charge in [-0.25, -0.2) is 8.42 Å². The Morgan fingerprint density at radius 2 is 1.59 bits per heavy atom. The van der Waals surface area contributed by atoms with Crippen molar-refractivity contribution in [3.63, 3.8) is 0 Å². The van der Waals surface area contributed by atoms with Gasteiger partial charge in [0.15, 0.2) is 0 Å². The fourth-order valence-electron chi connectivity index (χ4n) is 3.84. The lowest BCUT2D eigenvalue weighted by Gasteiger charge is -2.32. The quantitative estimate of drug-likeness (QED) is 0.305. The zero-order valence-electron chi connectivity index (χ0n) is 22.4. The van der Waals surface area contributed by atoms with E-state index in [0.717, 1.165) is 9.87 Å². The number of nitrogens with one attached hydrogen (secondary N) is 1. The monoisotopic (exact) mass is 589 g/mol. The minimum Gasteiger partial charge on any atom is -0.352 e. The molecule has 0 aliphatic carbocycles. The molecule has 10 heteroatoms. The van der Waals surface area contributed by atoms with Gasteiger partial charge in [-0.15, -0.1) is 0 Å². The second-order valence-corrected chi connectivity index (χ2v) is 12.1. The Balaban J connectivity index is 2.03. The molecule has 0 saturated heterocycles. The zero-order chi connectivity index (χ0) is 28.7. The molecule has 2 unspecified atom stereocenters. The molecule has 7 nitrogen and oxygen atoms in total. The summed E-state index contributed by atoms with van der Waals surface area (Å²) in [6, 6.07) is 18.7. The highest BCUT2D eigenvalue weighted by molar-refractivity contribution is 7.92. The van der Waals surface area contributed by atoms with Crippen LogP contribution in [0.1, 0.15) is 38.3 Å². The van der Waals surface area contributed by atoms with Crippen molar-refractivity contribution in [1.82, 2.24) is 10.2 Å². The van der Waals surface area contributed by atoms with Crippen LogP contribution in [0.3, 0.4) is 0 Å². The molecule has 0 radical (unpaired) electrons. The topological polar surface area (TPSA) is 86.8 Å². The van der Waals surface area contributed by atoms with Crippen LogP contribution in [0.25, 0.3) is 0 Å². The van der Waals surface area contributed by atoms with Gasteiger partial charge in [-0.1, -0.05) is 72.1 Å². The maximum atomic E-state index is 13.9. The third-order valence-corrected chi connectivity index (χ3v) is 8.83. The predicted molar refractivity (Wildman–Crippen MR) is 157 cm³/mol. The standard InChI is InChI=1S/C29H33Cl2N3O4S/c1-5-21(3)32-29(36)22(4)33(18-23-13-14-24(30)17-27(23)31)28(35)19-34(25-15-11-20(2)12-16-25)39(37,38)26-9-7-6-8-10-26/h6-17,21-22H,5,18-19H2,1-4H3,(H,32,36). The number of halogens is 2. The first kappa shape index (κ1) is 30.5. The number of anilines is 1. The Bertz CT molecular complexity index is 1400. The largest absolute Gasteiger partial charge is 0.352 e. The van der Waals surface area contributed by atoms with Crippen molar-refractivity contribution < 1.29 is 18.0 Å². The van der Waals surface area contributed by atoms with E-state index in [4.69, 9.17) is 23.2 Å². The summed E-state index contributed by atoms with van der Waals surface area (Å²) in [5, 5.41) is 3.67. The highest BCUT2D eigenvalue weighted by atomic mass is 35.5. The molecule has 0 heterocycles. The molecular formula is C29H33Cl2N3O4S. The first-order valence-corrected chi connectivity index (χ1v) is 14.8. The smallest absolute Gasteiger partial charge is 0.264 e. The third-order valence-electron chi connectivity index (χ3n) is 6.46. The molecule has 0 bridgehead atoms. The van der Waals surface area contributed by atoms with Gasteiger partial charge in [-0.3, -0.25) is 13.9 Å². The molecule has 3 rings (SSSR count). The van der Waals surface area contributed by atoms with Gasteiger partial charge in [-0.05, 0) is 69.2 Å². The molecule has 0 aliphatic rings. The van der Waals surface area contributed by atoms with Crippen molar-refractivity contribution >= 4 is 50.7 Å². The number of benzene rings is 3. The molecule has 0 aliphatic heterocycles. The van der Waals surface area contributed by atoms with Crippen LogP contribution >= 0.6 is 23.2 Å². The Labute approximate surface area is 240 Å². The van der Waals surface area contributed by atoms with E-state index in [1.807, 2.05) is 20.8 Å². The lowest BCUT2D eigenvalue weighted by atomic mass is 10.1. The van der Waals surface area contributed by atoms with Gasteiger partial charge < -0.3 is 10.2 Å². The number of hydrogen-bond acceptors (Lipinski definition) is 4. The van der Waals surface area contributed by atoms with Crippen LogP contribution in [0.5, 0.6) is 0 Å². The van der Waals surface area contributed by atoms with E-state index in [0.29, 0.717) is 27.7 Å². The summed E-state index contributed by atoms with van der Waals surface area (Å²) in [5.41, 5.74) is 1.85. The molecular weight excluding hydrogens is 557 g/mol. The lowest BCUT2D eigenvalue weighted by Crippen LogP contribution is -2.52. The van der Waals surface area contributed by atoms with Crippen LogP contribution in [0.2, 0.25) is 10.0 Å². The molecule has 1 N–H and O–H groups in total. The van der Waals surface area contributed by atoms with Gasteiger partial charge >= 0.3 is 0 Å².